The first kappa shape index (κ1) is 15.5. The number of ether oxygens (including phenoxy) is 2. The number of carbonyl (C=O) groups excluding carboxylic acids is 1. The van der Waals surface area contributed by atoms with E-state index < -0.39 is 0 Å². The van der Waals surface area contributed by atoms with E-state index in [0.29, 0.717) is 31.4 Å². The van der Waals surface area contributed by atoms with E-state index in [1.807, 2.05) is 4.90 Å². The first-order chi connectivity index (χ1) is 10.2. The smallest absolute Gasteiger partial charge is 0.231 e. The lowest BCUT2D eigenvalue weighted by Gasteiger charge is -2.15. The third-order valence-corrected chi connectivity index (χ3v) is 3.15. The van der Waals surface area contributed by atoms with Gasteiger partial charge in [0.1, 0.15) is 18.2 Å². The predicted molar refractivity (Wildman–Crippen MR) is 77.1 cm³/mol. The lowest BCUT2D eigenvalue weighted by Crippen LogP contribution is -2.33. The van der Waals surface area contributed by atoms with E-state index >= 15 is 0 Å². The molecule has 0 saturated carbocycles. The Hall–Kier alpha value is -1.93. The molecule has 21 heavy (non-hydrogen) atoms. The third-order valence-electron chi connectivity index (χ3n) is 3.15. The normalized spacial score (nSPS) is 18.6. The van der Waals surface area contributed by atoms with Gasteiger partial charge in [-0.15, -0.1) is 0 Å². The molecule has 2 heterocycles. The summed E-state index contributed by atoms with van der Waals surface area (Å²) in [6.45, 7) is 3.03. The molecule has 8 nitrogen and oxygen atoms in total. The van der Waals surface area contributed by atoms with Crippen molar-refractivity contribution >= 4 is 11.7 Å². The van der Waals surface area contributed by atoms with Crippen LogP contribution in [-0.2, 0) is 9.53 Å². The topological polar surface area (TPSA) is 103 Å². The van der Waals surface area contributed by atoms with Crippen molar-refractivity contribution in [3.8, 4) is 5.88 Å². The average molecular weight is 295 g/mol. The van der Waals surface area contributed by atoms with Gasteiger partial charge in [0, 0.05) is 32.8 Å². The minimum atomic E-state index is -0.317. The maximum atomic E-state index is 10.9. The van der Waals surface area contributed by atoms with Crippen molar-refractivity contribution in [2.75, 3.05) is 45.2 Å². The SMILES string of the molecule is COCCNc1cc(OC2CCN(CC(N)=O)C2)ncn1. The maximum absolute atomic E-state index is 10.9. The Balaban J connectivity index is 1.83. The number of amides is 1. The highest BCUT2D eigenvalue weighted by atomic mass is 16.5. The van der Waals surface area contributed by atoms with Crippen LogP contribution in [0, 0.1) is 0 Å². The number of anilines is 1. The molecule has 1 unspecified atom stereocenters. The highest BCUT2D eigenvalue weighted by molar-refractivity contribution is 5.75. The molecule has 1 aliphatic rings. The van der Waals surface area contributed by atoms with Gasteiger partial charge in [-0.3, -0.25) is 9.69 Å². The van der Waals surface area contributed by atoms with Gasteiger partial charge in [0.05, 0.1) is 13.2 Å². The molecule has 1 aromatic rings. The third kappa shape index (κ3) is 5.16. The summed E-state index contributed by atoms with van der Waals surface area (Å²) >= 11 is 0. The van der Waals surface area contributed by atoms with Crippen molar-refractivity contribution in [2.45, 2.75) is 12.5 Å². The van der Waals surface area contributed by atoms with Crippen LogP contribution in [0.4, 0.5) is 5.82 Å². The van der Waals surface area contributed by atoms with Gasteiger partial charge >= 0.3 is 0 Å². The number of aromatic nitrogens is 2. The lowest BCUT2D eigenvalue weighted by molar-refractivity contribution is -0.118. The summed E-state index contributed by atoms with van der Waals surface area (Å²) in [6, 6.07) is 1.76. The molecular formula is C13H21N5O3. The quantitative estimate of drug-likeness (QED) is 0.622. The van der Waals surface area contributed by atoms with Crippen molar-refractivity contribution in [2.24, 2.45) is 5.73 Å². The van der Waals surface area contributed by atoms with Gasteiger partial charge in [0.15, 0.2) is 0 Å². The highest BCUT2D eigenvalue weighted by Gasteiger charge is 2.25. The summed E-state index contributed by atoms with van der Waals surface area (Å²) in [5, 5.41) is 3.12. The standard InChI is InChI=1S/C13H21N5O3/c1-20-5-3-15-12-6-13(17-9-16-12)21-10-2-4-18(7-10)8-11(14)19/h6,9-10H,2-5,7-8H2,1H3,(H2,14,19)(H,15,16,17). The summed E-state index contributed by atoms with van der Waals surface area (Å²) in [5.41, 5.74) is 5.19. The van der Waals surface area contributed by atoms with Crippen LogP contribution in [0.2, 0.25) is 0 Å². The molecule has 0 radical (unpaired) electrons. The Kier molecular flexibility index (Phi) is 5.70. The number of nitrogens with two attached hydrogens (primary N) is 1. The fourth-order valence-corrected chi connectivity index (χ4v) is 2.21. The van der Waals surface area contributed by atoms with Gasteiger partial charge in [-0.2, -0.15) is 0 Å². The minimum Gasteiger partial charge on any atom is -0.473 e. The fraction of sp³-hybridized carbons (Fsp3) is 0.615. The Morgan fingerprint density at radius 3 is 3.19 bits per heavy atom. The Morgan fingerprint density at radius 2 is 2.43 bits per heavy atom. The average Bonchev–Trinajstić information content (AvgIpc) is 2.86. The molecule has 1 saturated heterocycles. The van der Waals surface area contributed by atoms with Crippen molar-refractivity contribution in [3.05, 3.63) is 12.4 Å². The summed E-state index contributed by atoms with van der Waals surface area (Å²) in [5.74, 6) is 0.905. The van der Waals surface area contributed by atoms with E-state index in [9.17, 15) is 4.79 Å². The number of rotatable bonds is 8. The second-order valence-electron chi connectivity index (χ2n) is 4.89. The van der Waals surface area contributed by atoms with Gasteiger partial charge < -0.3 is 20.5 Å². The first-order valence-electron chi connectivity index (χ1n) is 6.89. The predicted octanol–water partition coefficient (Wildman–Crippen LogP) is -0.527. The molecule has 1 aliphatic heterocycles. The van der Waals surface area contributed by atoms with Gasteiger partial charge in [-0.05, 0) is 6.42 Å². The van der Waals surface area contributed by atoms with E-state index in [1.54, 1.807) is 13.2 Å². The second-order valence-corrected chi connectivity index (χ2v) is 4.89. The number of primary amides is 1. The van der Waals surface area contributed by atoms with Crippen molar-refractivity contribution in [1.29, 1.82) is 0 Å². The molecule has 3 N–H and O–H groups in total. The van der Waals surface area contributed by atoms with Crippen LogP contribution in [0.15, 0.2) is 12.4 Å². The molecule has 0 aliphatic carbocycles. The molecule has 0 bridgehead atoms. The number of likely N-dealkylation sites (tertiary alicyclic amines) is 1. The Morgan fingerprint density at radius 1 is 1.57 bits per heavy atom. The molecule has 2 rings (SSSR count). The fourth-order valence-electron chi connectivity index (χ4n) is 2.21. The van der Waals surface area contributed by atoms with E-state index in [1.165, 1.54) is 6.33 Å². The molecule has 8 heteroatoms. The largest absolute Gasteiger partial charge is 0.473 e. The number of nitrogens with one attached hydrogen (secondary N) is 1. The summed E-state index contributed by atoms with van der Waals surface area (Å²) in [4.78, 5) is 21.1. The van der Waals surface area contributed by atoms with Crippen LogP contribution in [0.25, 0.3) is 0 Å². The molecule has 1 amide bonds. The zero-order valence-corrected chi connectivity index (χ0v) is 12.1. The number of carbonyl (C=O) groups is 1. The van der Waals surface area contributed by atoms with E-state index in [4.69, 9.17) is 15.2 Å². The monoisotopic (exact) mass is 295 g/mol. The van der Waals surface area contributed by atoms with Crippen molar-refractivity contribution < 1.29 is 14.3 Å². The second kappa shape index (κ2) is 7.75. The van der Waals surface area contributed by atoms with E-state index in [0.717, 1.165) is 13.0 Å². The molecule has 1 aromatic heterocycles. The number of hydrogen-bond donors (Lipinski definition) is 2. The number of methoxy groups -OCH3 is 1. The van der Waals surface area contributed by atoms with E-state index in [-0.39, 0.29) is 18.6 Å². The van der Waals surface area contributed by atoms with Crippen molar-refractivity contribution in [1.82, 2.24) is 14.9 Å². The van der Waals surface area contributed by atoms with Crippen LogP contribution < -0.4 is 15.8 Å². The van der Waals surface area contributed by atoms with Crippen molar-refractivity contribution in [3.63, 3.8) is 0 Å². The molecule has 1 fully saturated rings. The van der Waals surface area contributed by atoms with Gasteiger partial charge in [0.25, 0.3) is 0 Å². The van der Waals surface area contributed by atoms with Gasteiger partial charge in [-0.1, -0.05) is 0 Å². The first-order valence-corrected chi connectivity index (χ1v) is 6.89. The zero-order chi connectivity index (χ0) is 15.1. The maximum Gasteiger partial charge on any atom is 0.231 e. The van der Waals surface area contributed by atoms with Crippen LogP contribution in [0.1, 0.15) is 6.42 Å². The summed E-state index contributed by atoms with van der Waals surface area (Å²) in [6.07, 6.45) is 2.33. The van der Waals surface area contributed by atoms with Gasteiger partial charge in [0.2, 0.25) is 11.8 Å². The molecule has 116 valence electrons. The molecule has 1 atom stereocenters. The number of hydrogen-bond acceptors (Lipinski definition) is 7. The number of nitrogens with zero attached hydrogens (tertiary/aromatic N) is 3. The molecule has 0 aromatic carbocycles. The minimum absolute atomic E-state index is 0.0195. The highest BCUT2D eigenvalue weighted by Crippen LogP contribution is 2.17. The summed E-state index contributed by atoms with van der Waals surface area (Å²) < 4.78 is 10.8. The van der Waals surface area contributed by atoms with Crippen LogP contribution >= 0.6 is 0 Å². The lowest BCUT2D eigenvalue weighted by atomic mass is 10.3. The zero-order valence-electron chi connectivity index (χ0n) is 12.1. The van der Waals surface area contributed by atoms with E-state index in [2.05, 4.69) is 15.3 Å². The van der Waals surface area contributed by atoms with Gasteiger partial charge in [-0.25, -0.2) is 9.97 Å². The van der Waals surface area contributed by atoms with Crippen LogP contribution in [0.3, 0.4) is 0 Å². The molecular weight excluding hydrogens is 274 g/mol. The van der Waals surface area contributed by atoms with Crippen LogP contribution in [0.5, 0.6) is 5.88 Å². The Bertz CT molecular complexity index is 471. The Labute approximate surface area is 123 Å². The molecule has 0 spiro atoms. The summed E-state index contributed by atoms with van der Waals surface area (Å²) in [7, 11) is 1.65. The van der Waals surface area contributed by atoms with Crippen LogP contribution in [-0.4, -0.2) is 66.8 Å².